The monoisotopic (exact) mass is 418 g/mol. The Hall–Kier alpha value is -3.25. The molecule has 3 aromatic carbocycles. The van der Waals surface area contributed by atoms with Gasteiger partial charge in [0.1, 0.15) is 16.7 Å². The number of nitrogens with zero attached hydrogens (tertiary/aromatic N) is 2. The van der Waals surface area contributed by atoms with Crippen LogP contribution in [-0.2, 0) is 7.05 Å². The minimum absolute atomic E-state index is 0.0138. The van der Waals surface area contributed by atoms with E-state index < -0.39 is 5.25 Å². The van der Waals surface area contributed by atoms with Crippen LogP contribution < -0.4 is 9.47 Å². The molecule has 0 spiro atoms. The average Bonchev–Trinajstić information content (AvgIpc) is 3.12. The van der Waals surface area contributed by atoms with Gasteiger partial charge in [-0.25, -0.2) is 4.98 Å². The normalized spacial score (nSPS) is 12.0. The van der Waals surface area contributed by atoms with Gasteiger partial charge < -0.3 is 14.0 Å². The lowest BCUT2D eigenvalue weighted by Crippen LogP contribution is -2.11. The summed E-state index contributed by atoms with van der Waals surface area (Å²) in [5.74, 6) is 1.48. The Labute approximate surface area is 179 Å². The van der Waals surface area contributed by atoms with E-state index in [2.05, 4.69) is 0 Å². The third-order valence-electron chi connectivity index (χ3n) is 5.00. The molecule has 0 fully saturated rings. The van der Waals surface area contributed by atoms with Gasteiger partial charge in [0.15, 0.2) is 10.9 Å². The molecular weight excluding hydrogens is 396 g/mol. The Morgan fingerprint density at radius 3 is 2.10 bits per heavy atom. The Balaban J connectivity index is 1.73. The molecule has 1 atom stereocenters. The van der Waals surface area contributed by atoms with Crippen LogP contribution in [0.15, 0.2) is 78.0 Å². The molecule has 4 aromatic rings. The van der Waals surface area contributed by atoms with Crippen LogP contribution in [0.1, 0.15) is 21.2 Å². The maximum atomic E-state index is 13.5. The molecule has 0 aliphatic carbocycles. The highest BCUT2D eigenvalue weighted by Gasteiger charge is 2.26. The fraction of sp³-hybridized carbons (Fsp3) is 0.167. The third-order valence-corrected chi connectivity index (χ3v) is 6.30. The van der Waals surface area contributed by atoms with E-state index in [0.29, 0.717) is 5.56 Å². The summed E-state index contributed by atoms with van der Waals surface area (Å²) in [5.41, 5.74) is 3.47. The molecule has 4 rings (SSSR count). The molecule has 0 bridgehead atoms. The van der Waals surface area contributed by atoms with E-state index in [0.717, 1.165) is 33.3 Å². The smallest absolute Gasteiger partial charge is 0.180 e. The van der Waals surface area contributed by atoms with Crippen molar-refractivity contribution in [3.8, 4) is 11.5 Å². The van der Waals surface area contributed by atoms with Gasteiger partial charge in [0.25, 0.3) is 0 Å². The Morgan fingerprint density at radius 1 is 0.900 bits per heavy atom. The second-order valence-electron chi connectivity index (χ2n) is 6.81. The van der Waals surface area contributed by atoms with E-state index in [4.69, 9.17) is 14.5 Å². The van der Waals surface area contributed by atoms with Crippen molar-refractivity contribution >= 4 is 28.6 Å². The van der Waals surface area contributed by atoms with Gasteiger partial charge >= 0.3 is 0 Å². The average molecular weight is 419 g/mol. The van der Waals surface area contributed by atoms with Crippen molar-refractivity contribution in [2.75, 3.05) is 14.2 Å². The summed E-state index contributed by atoms with van der Waals surface area (Å²) >= 11 is 1.45. The summed E-state index contributed by atoms with van der Waals surface area (Å²) in [6, 6.07) is 22.8. The minimum atomic E-state index is -0.445. The minimum Gasteiger partial charge on any atom is -0.497 e. The number of carbonyl (C=O) groups is 1. The number of benzene rings is 3. The maximum Gasteiger partial charge on any atom is 0.180 e. The van der Waals surface area contributed by atoms with Crippen molar-refractivity contribution in [2.45, 2.75) is 10.4 Å². The molecule has 0 radical (unpaired) electrons. The first kappa shape index (κ1) is 20.0. The first-order valence-electron chi connectivity index (χ1n) is 9.51. The molecule has 0 aliphatic rings. The zero-order chi connectivity index (χ0) is 21.1. The molecule has 152 valence electrons. The summed E-state index contributed by atoms with van der Waals surface area (Å²) in [6.45, 7) is 0. The number of carbonyl (C=O) groups excluding carboxylic acids is 1. The van der Waals surface area contributed by atoms with E-state index in [1.807, 2.05) is 60.1 Å². The lowest BCUT2D eigenvalue weighted by atomic mass is 10.0. The third kappa shape index (κ3) is 3.91. The predicted octanol–water partition coefficient (Wildman–Crippen LogP) is 5.31. The van der Waals surface area contributed by atoms with Gasteiger partial charge in [0.05, 0.1) is 25.3 Å². The number of aromatic nitrogens is 2. The summed E-state index contributed by atoms with van der Waals surface area (Å²) in [5, 5.41) is 0.346. The van der Waals surface area contributed by atoms with Crippen molar-refractivity contribution < 1.29 is 14.3 Å². The fourth-order valence-electron chi connectivity index (χ4n) is 3.29. The molecule has 1 unspecified atom stereocenters. The first-order valence-corrected chi connectivity index (χ1v) is 10.4. The van der Waals surface area contributed by atoms with Gasteiger partial charge in [-0.15, -0.1) is 0 Å². The molecule has 0 N–H and O–H groups in total. The zero-order valence-electron chi connectivity index (χ0n) is 17.0. The number of thioether (sulfide) groups is 1. The first-order chi connectivity index (χ1) is 14.6. The molecule has 5 nitrogen and oxygen atoms in total. The highest BCUT2D eigenvalue weighted by atomic mass is 32.2. The predicted molar refractivity (Wildman–Crippen MR) is 120 cm³/mol. The molecule has 1 heterocycles. The van der Waals surface area contributed by atoms with Crippen LogP contribution in [0.3, 0.4) is 0 Å². The number of hydrogen-bond donors (Lipinski definition) is 0. The number of fused-ring (bicyclic) bond motifs is 1. The van der Waals surface area contributed by atoms with Crippen LogP contribution in [0.25, 0.3) is 11.0 Å². The largest absolute Gasteiger partial charge is 0.497 e. The van der Waals surface area contributed by atoms with Crippen LogP contribution >= 0.6 is 11.8 Å². The SMILES string of the molecule is COc1ccc(C(=O)C(Sc2nc3ccccc3n2C)c2ccc(OC)cc2)cc1. The Bertz CT molecular complexity index is 1170. The van der Waals surface area contributed by atoms with Crippen LogP contribution in [0.5, 0.6) is 11.5 Å². The van der Waals surface area contributed by atoms with Crippen molar-refractivity contribution in [3.63, 3.8) is 0 Å². The van der Waals surface area contributed by atoms with Gasteiger partial charge in [-0.3, -0.25) is 4.79 Å². The highest BCUT2D eigenvalue weighted by molar-refractivity contribution is 8.00. The molecule has 30 heavy (non-hydrogen) atoms. The number of ether oxygens (including phenoxy) is 2. The topological polar surface area (TPSA) is 53.3 Å². The van der Waals surface area contributed by atoms with Gasteiger partial charge in [-0.1, -0.05) is 36.0 Å². The van der Waals surface area contributed by atoms with Gasteiger partial charge in [0.2, 0.25) is 0 Å². The number of ketones is 1. The molecule has 6 heteroatoms. The number of hydrogen-bond acceptors (Lipinski definition) is 5. The number of aryl methyl sites for hydroxylation is 1. The van der Waals surface area contributed by atoms with Gasteiger partial charge in [-0.2, -0.15) is 0 Å². The second kappa shape index (κ2) is 8.63. The zero-order valence-corrected chi connectivity index (χ0v) is 17.8. The van der Waals surface area contributed by atoms with Crippen LogP contribution in [0, 0.1) is 0 Å². The molecule has 0 saturated carbocycles. The Morgan fingerprint density at radius 2 is 1.50 bits per heavy atom. The van der Waals surface area contributed by atoms with E-state index in [9.17, 15) is 4.79 Å². The highest BCUT2D eigenvalue weighted by Crippen LogP contribution is 2.39. The van der Waals surface area contributed by atoms with Crippen LogP contribution in [0.2, 0.25) is 0 Å². The van der Waals surface area contributed by atoms with Crippen molar-refractivity contribution in [1.29, 1.82) is 0 Å². The number of imidazole rings is 1. The molecule has 0 amide bonds. The summed E-state index contributed by atoms with van der Waals surface area (Å²) in [7, 11) is 5.21. The number of Topliss-reactive ketones (excluding diaryl/α,β-unsaturated/α-hetero) is 1. The van der Waals surface area contributed by atoms with Crippen molar-refractivity contribution in [3.05, 3.63) is 83.9 Å². The van der Waals surface area contributed by atoms with Crippen LogP contribution in [-0.4, -0.2) is 29.6 Å². The van der Waals surface area contributed by atoms with Crippen molar-refractivity contribution in [2.24, 2.45) is 7.05 Å². The number of rotatable bonds is 7. The summed E-state index contributed by atoms with van der Waals surface area (Å²) in [6.07, 6.45) is 0. The van der Waals surface area contributed by atoms with E-state index in [-0.39, 0.29) is 5.78 Å². The van der Waals surface area contributed by atoms with Crippen molar-refractivity contribution in [1.82, 2.24) is 9.55 Å². The van der Waals surface area contributed by atoms with Crippen LogP contribution in [0.4, 0.5) is 0 Å². The summed E-state index contributed by atoms with van der Waals surface area (Å²) < 4.78 is 12.5. The molecule has 1 aromatic heterocycles. The lowest BCUT2D eigenvalue weighted by Gasteiger charge is -2.16. The van der Waals surface area contributed by atoms with E-state index >= 15 is 0 Å². The maximum absolute atomic E-state index is 13.5. The second-order valence-corrected chi connectivity index (χ2v) is 7.88. The summed E-state index contributed by atoms with van der Waals surface area (Å²) in [4.78, 5) is 18.2. The Kier molecular flexibility index (Phi) is 5.77. The lowest BCUT2D eigenvalue weighted by molar-refractivity contribution is 0.0989. The molecular formula is C24H22N2O3S. The van der Waals surface area contributed by atoms with Gasteiger partial charge in [-0.05, 0) is 54.1 Å². The molecule has 0 saturated heterocycles. The fourth-order valence-corrected chi connectivity index (χ4v) is 4.45. The standard InChI is InChI=1S/C24H22N2O3S/c1-26-21-7-5-4-6-20(21)25-24(26)30-23(17-10-14-19(29-3)15-11-17)22(27)16-8-12-18(28-2)13-9-16/h4-15,23H,1-3H3. The quantitative estimate of drug-likeness (QED) is 0.301. The van der Waals surface area contributed by atoms with E-state index in [1.54, 1.807) is 38.5 Å². The van der Waals surface area contributed by atoms with E-state index in [1.165, 1.54) is 11.8 Å². The molecule has 0 aliphatic heterocycles. The number of para-hydroxylation sites is 2. The number of methoxy groups -OCH3 is 2. The van der Waals surface area contributed by atoms with Gasteiger partial charge in [0, 0.05) is 12.6 Å².